The predicted molar refractivity (Wildman–Crippen MR) is 329 cm³/mol. The van der Waals surface area contributed by atoms with Crippen LogP contribution in [-0.4, -0.2) is 81.1 Å². The molecule has 13 aromatic rings. The van der Waals surface area contributed by atoms with Crippen LogP contribution in [0.2, 0.25) is 0 Å². The van der Waals surface area contributed by atoms with Crippen LogP contribution in [0, 0.1) is 0 Å². The van der Waals surface area contributed by atoms with Gasteiger partial charge in [-0.15, -0.1) is 34.4 Å². The average molecular weight is 1140 g/mol. The second kappa shape index (κ2) is 14.5. The van der Waals surface area contributed by atoms with E-state index in [-0.39, 0.29) is 0 Å². The van der Waals surface area contributed by atoms with E-state index in [1.165, 1.54) is 0 Å². The molecule has 0 atom stereocenters. The summed E-state index contributed by atoms with van der Waals surface area (Å²) in [6, 6.07) is 49.0. The Hall–Kier alpha value is -10.3. The number of aromatic nitrogens is 6. The van der Waals surface area contributed by atoms with Gasteiger partial charge in [0.05, 0.1) is 0 Å². The molecular formula is C60H24B3Cl3N18. The largest absolute Gasteiger partial charge is 0.499 e. The molecule has 9 aliphatic heterocycles. The quantitative estimate of drug-likeness (QED) is 0.133. The Morgan fingerprint density at radius 2 is 0.440 bits per heavy atom. The van der Waals surface area contributed by atoms with Gasteiger partial charge in [0, 0.05) is 98.0 Å². The van der Waals surface area contributed by atoms with Crippen molar-refractivity contribution in [2.45, 2.75) is 0 Å². The summed E-state index contributed by atoms with van der Waals surface area (Å²) in [5.74, 6) is 6.57. The van der Waals surface area contributed by atoms with Crippen molar-refractivity contribution in [1.82, 2.24) is 26.9 Å². The van der Waals surface area contributed by atoms with Crippen LogP contribution in [0.4, 0.5) is 34.9 Å². The lowest BCUT2D eigenvalue weighted by atomic mass is 10.0. The molecular weight excluding hydrogens is 1110 g/mol. The molecule has 84 heavy (non-hydrogen) atoms. The first kappa shape index (κ1) is 43.4. The molecule has 0 amide bonds. The molecule has 0 radical (unpaired) electrons. The Morgan fingerprint density at radius 1 is 0.214 bits per heavy atom. The fraction of sp³-hybridized carbons (Fsp3) is 0. The number of hydrogen-bond donors (Lipinski definition) is 0. The summed E-state index contributed by atoms with van der Waals surface area (Å²) in [6.45, 7) is 0. The van der Waals surface area contributed by atoms with Gasteiger partial charge >= 0.3 is 19.2 Å². The highest BCUT2D eigenvalue weighted by molar-refractivity contribution is 7.06. The van der Waals surface area contributed by atoms with Gasteiger partial charge in [-0.25, -0.2) is 59.9 Å². The minimum atomic E-state index is -0.867. The lowest BCUT2D eigenvalue weighted by Crippen LogP contribution is -2.45. The summed E-state index contributed by atoms with van der Waals surface area (Å²) >= 11 is 23.4. The van der Waals surface area contributed by atoms with Crippen LogP contribution >= 0.6 is 34.4 Å². The Kier molecular flexibility index (Phi) is 7.47. The lowest BCUT2D eigenvalue weighted by molar-refractivity contribution is 0.938. The second-order valence-electron chi connectivity index (χ2n) is 21.9. The van der Waals surface area contributed by atoms with Crippen LogP contribution in [0.1, 0.15) is 33.4 Å². The summed E-state index contributed by atoms with van der Waals surface area (Å²) in [5, 5.41) is 10.3. The standard InChI is InChI=1S/C60H24B3Cl3N18/c64-61-80-50-28-14-4-7-17-31(28)53(80)76-54-32-18-8-5-15-29(32)51(81(54)61)74-47-37-23-42-40(22-35(37)45(68-47)72-50)58-75-48-38-24-41-39(21-36(38)46(69-48)73-52-30-16-6-10-20-34(30)56-78-60(42)84(58)63(66)82(52)56)57-71-44-26-12-2-1-11-25(26)43(67-44)70-49-27-13-3-9-19-33(27)55-77-59(41)83(57)62(65)79(49)55/h1-24H. The van der Waals surface area contributed by atoms with Gasteiger partial charge in [-0.1, -0.05) is 121 Å². The van der Waals surface area contributed by atoms with Crippen LogP contribution < -0.4 is 32.9 Å². The lowest BCUT2D eigenvalue weighted by Gasteiger charge is -2.18. The molecule has 12 bridgehead atoms. The Morgan fingerprint density at radius 3 is 0.774 bits per heavy atom. The second-order valence-corrected chi connectivity index (χ2v) is 23.1. The van der Waals surface area contributed by atoms with Gasteiger partial charge in [-0.3, -0.25) is 0 Å². The summed E-state index contributed by atoms with van der Waals surface area (Å²) in [7, 11) is 0. The van der Waals surface area contributed by atoms with Crippen LogP contribution in [0.3, 0.4) is 0 Å². The Labute approximate surface area is 484 Å². The molecule has 7 aromatic carbocycles. The van der Waals surface area contributed by atoms with Crippen molar-refractivity contribution in [3.8, 4) is 0 Å². The highest BCUT2D eigenvalue weighted by Gasteiger charge is 2.42. The molecule has 0 fully saturated rings. The minimum absolute atomic E-state index is 0.424. The van der Waals surface area contributed by atoms with E-state index in [1.807, 2.05) is 99.7 Å². The summed E-state index contributed by atoms with van der Waals surface area (Å²) in [4.78, 5) is 64.9. The average Bonchev–Trinajstić information content (AvgIpc) is 1.79. The maximum atomic E-state index is 7.97. The normalized spacial score (nSPS) is 16.2. The van der Waals surface area contributed by atoms with Gasteiger partial charge in [0.1, 0.15) is 67.8 Å². The Bertz CT molecular complexity index is 6260. The van der Waals surface area contributed by atoms with Crippen LogP contribution in [-0.2, 0) is 0 Å². The van der Waals surface area contributed by atoms with Crippen molar-refractivity contribution in [3.63, 3.8) is 0 Å². The molecule has 0 N–H and O–H groups in total. The number of nitrogens with zero attached hydrogens (tertiary/aromatic N) is 18. The van der Waals surface area contributed by atoms with Crippen LogP contribution in [0.5, 0.6) is 0 Å². The van der Waals surface area contributed by atoms with Gasteiger partial charge in [0.25, 0.3) is 0 Å². The number of amidine groups is 6. The van der Waals surface area contributed by atoms with E-state index >= 15 is 0 Å². The monoisotopic (exact) mass is 1130 g/mol. The number of fused-ring (bicyclic) bond motifs is 30. The molecule has 15 heterocycles. The summed E-state index contributed by atoms with van der Waals surface area (Å²) < 4.78 is 11.9. The first-order chi connectivity index (χ1) is 41.4. The van der Waals surface area contributed by atoms with E-state index in [0.29, 0.717) is 103 Å². The number of benzene rings is 7. The first-order valence-electron chi connectivity index (χ1n) is 27.2. The van der Waals surface area contributed by atoms with Crippen molar-refractivity contribution in [2.75, 3.05) is 0 Å². The van der Waals surface area contributed by atoms with Crippen molar-refractivity contribution < 1.29 is 0 Å². The van der Waals surface area contributed by atoms with Gasteiger partial charge in [-0.2, -0.15) is 0 Å². The van der Waals surface area contributed by atoms with Gasteiger partial charge in [0.2, 0.25) is 0 Å². The van der Waals surface area contributed by atoms with Crippen molar-refractivity contribution >= 4 is 188 Å². The molecule has 0 saturated heterocycles. The topological polar surface area (TPSA) is 178 Å². The zero-order chi connectivity index (χ0) is 54.4. The molecule has 0 aliphatic carbocycles. The number of rotatable bonds is 0. The molecule has 9 aliphatic rings. The molecule has 24 heteroatoms. The third kappa shape index (κ3) is 4.96. The van der Waals surface area contributed by atoms with E-state index < -0.39 is 19.2 Å². The third-order valence-electron chi connectivity index (χ3n) is 17.8. The Balaban J connectivity index is 0.850. The summed E-state index contributed by atoms with van der Waals surface area (Å²) in [5.41, 5.74) is 8.66. The minimum Gasteiger partial charge on any atom is -0.319 e. The third-order valence-corrected chi connectivity index (χ3v) is 19.0. The maximum absolute atomic E-state index is 7.97. The van der Waals surface area contributed by atoms with Gasteiger partial charge < -0.3 is 26.9 Å². The SMILES string of the molecule is ClB1n2c3c4ccccc4c2N=c2c4ccccc4c(n21)=NC1=NC(=N3)c2cc3c4n5c(c3cc21)N=C1N=C(N=c2c3ccccc3c(n2B5Cl)=N4)c2cc3c4n5c(c3cc21)N=c1c2ccccc2c(n1B5Cl)=NC1=NC(=N4)c2ccccc21. The van der Waals surface area contributed by atoms with Gasteiger partial charge in [0.15, 0.2) is 35.0 Å². The van der Waals surface area contributed by atoms with Crippen molar-refractivity contribution in [3.05, 3.63) is 212 Å². The van der Waals surface area contributed by atoms with Crippen LogP contribution in [0.25, 0.3) is 64.6 Å². The molecule has 6 aromatic heterocycles. The smallest absolute Gasteiger partial charge is 0.319 e. The summed E-state index contributed by atoms with van der Waals surface area (Å²) in [6.07, 6.45) is -2.41. The molecule has 384 valence electrons. The molecule has 0 saturated carbocycles. The zero-order valence-electron chi connectivity index (χ0n) is 42.8. The van der Waals surface area contributed by atoms with E-state index in [2.05, 4.69) is 72.8 Å². The van der Waals surface area contributed by atoms with Crippen LogP contribution in [0.15, 0.2) is 206 Å². The first-order valence-corrected chi connectivity index (χ1v) is 28.5. The van der Waals surface area contributed by atoms with E-state index in [9.17, 15) is 0 Å². The highest BCUT2D eigenvalue weighted by atomic mass is 35.5. The van der Waals surface area contributed by atoms with E-state index in [4.69, 9.17) is 94.3 Å². The number of hydrogen-bond acceptors (Lipinski definition) is 12. The van der Waals surface area contributed by atoms with E-state index in [0.717, 1.165) is 98.0 Å². The van der Waals surface area contributed by atoms with Crippen molar-refractivity contribution in [1.29, 1.82) is 0 Å². The highest BCUT2D eigenvalue weighted by Crippen LogP contribution is 2.48. The maximum Gasteiger partial charge on any atom is 0.499 e. The molecule has 0 spiro atoms. The number of aliphatic imine (C=N–C) groups is 6. The number of halogens is 3. The predicted octanol–water partition coefficient (Wildman–Crippen LogP) is 8.48. The van der Waals surface area contributed by atoms with Crippen molar-refractivity contribution in [2.24, 2.45) is 59.9 Å². The molecule has 18 nitrogen and oxygen atoms in total. The van der Waals surface area contributed by atoms with E-state index in [1.54, 1.807) is 0 Å². The fourth-order valence-corrected chi connectivity index (χ4v) is 15.3. The molecule has 22 rings (SSSR count). The molecule has 0 unspecified atom stereocenters. The zero-order valence-corrected chi connectivity index (χ0v) is 45.0. The fourth-order valence-electron chi connectivity index (χ4n) is 14.2. The van der Waals surface area contributed by atoms with Gasteiger partial charge in [-0.05, 0) is 24.3 Å².